The van der Waals surface area contributed by atoms with E-state index in [1.54, 1.807) is 30.3 Å². The normalized spacial score (nSPS) is 10.5. The molecule has 2 amide bonds. The van der Waals surface area contributed by atoms with E-state index in [-0.39, 0.29) is 43.4 Å². The lowest BCUT2D eigenvalue weighted by Crippen LogP contribution is -2.41. The number of hydrazine groups is 1. The van der Waals surface area contributed by atoms with Crippen LogP contribution in [0.25, 0.3) is 0 Å². The van der Waals surface area contributed by atoms with E-state index in [0.717, 1.165) is 4.88 Å². The SMILES string of the molecule is Cc1ccc(C(=O)CCC(=O)CCC(=O)NNC(=O)c2ccc(OC(C)C)cc2)s1. The van der Waals surface area contributed by atoms with Crippen LogP contribution in [0.15, 0.2) is 36.4 Å². The first-order valence-electron chi connectivity index (χ1n) is 9.72. The van der Waals surface area contributed by atoms with Gasteiger partial charge in [-0.15, -0.1) is 11.3 Å². The molecule has 0 unspecified atom stereocenters. The Bertz CT molecular complexity index is 903. The minimum absolute atomic E-state index is 0.0136. The molecule has 0 radical (unpaired) electrons. The molecule has 30 heavy (non-hydrogen) atoms. The van der Waals surface area contributed by atoms with E-state index in [0.29, 0.717) is 16.2 Å². The Kier molecular flexibility index (Phi) is 8.73. The number of hydrogen-bond acceptors (Lipinski definition) is 6. The number of nitrogens with one attached hydrogen (secondary N) is 2. The van der Waals surface area contributed by atoms with Crippen LogP contribution in [0.2, 0.25) is 0 Å². The fraction of sp³-hybridized carbons (Fsp3) is 0.364. The number of ether oxygens (including phenoxy) is 1. The van der Waals surface area contributed by atoms with Crippen LogP contribution in [0.1, 0.15) is 64.4 Å². The number of amides is 2. The van der Waals surface area contributed by atoms with Gasteiger partial charge >= 0.3 is 0 Å². The predicted molar refractivity (Wildman–Crippen MR) is 115 cm³/mol. The number of thiophene rings is 1. The fourth-order valence-electron chi connectivity index (χ4n) is 2.56. The van der Waals surface area contributed by atoms with Gasteiger partial charge in [-0.05, 0) is 57.2 Å². The minimum atomic E-state index is -0.475. The molecule has 0 aliphatic carbocycles. The predicted octanol–water partition coefficient (Wildman–Crippen LogP) is 3.62. The molecule has 1 aromatic carbocycles. The molecule has 160 valence electrons. The Balaban J connectivity index is 1.67. The summed E-state index contributed by atoms with van der Waals surface area (Å²) in [5.41, 5.74) is 4.97. The first-order chi connectivity index (χ1) is 14.2. The van der Waals surface area contributed by atoms with E-state index in [2.05, 4.69) is 10.9 Å². The number of rotatable bonds is 10. The van der Waals surface area contributed by atoms with Crippen molar-refractivity contribution in [1.82, 2.24) is 10.9 Å². The van der Waals surface area contributed by atoms with Crippen molar-refractivity contribution in [2.24, 2.45) is 0 Å². The van der Waals surface area contributed by atoms with Crippen LogP contribution in [0, 0.1) is 6.92 Å². The minimum Gasteiger partial charge on any atom is -0.491 e. The number of Topliss-reactive ketones (excluding diaryl/α,β-unsaturated/α-hetero) is 2. The van der Waals surface area contributed by atoms with Gasteiger partial charge < -0.3 is 4.74 Å². The van der Waals surface area contributed by atoms with Crippen molar-refractivity contribution in [2.45, 2.75) is 52.6 Å². The molecule has 2 N–H and O–H groups in total. The molecule has 1 heterocycles. The Labute approximate surface area is 179 Å². The van der Waals surface area contributed by atoms with E-state index < -0.39 is 11.8 Å². The van der Waals surface area contributed by atoms with E-state index in [4.69, 9.17) is 4.74 Å². The summed E-state index contributed by atoms with van der Waals surface area (Å²) in [5, 5.41) is 0. The highest BCUT2D eigenvalue weighted by Crippen LogP contribution is 2.18. The highest BCUT2D eigenvalue weighted by Gasteiger charge is 2.13. The molecule has 0 bridgehead atoms. The summed E-state index contributed by atoms with van der Waals surface area (Å²) in [6.45, 7) is 5.73. The molecule has 0 saturated carbocycles. The number of benzene rings is 1. The molecule has 0 spiro atoms. The number of carbonyl (C=O) groups is 4. The quantitative estimate of drug-likeness (QED) is 0.443. The molecular formula is C22H26N2O5S. The number of hydrogen-bond donors (Lipinski definition) is 2. The van der Waals surface area contributed by atoms with Crippen molar-refractivity contribution >= 4 is 34.7 Å². The van der Waals surface area contributed by atoms with Gasteiger partial charge in [-0.1, -0.05) is 0 Å². The van der Waals surface area contributed by atoms with Crippen LogP contribution >= 0.6 is 11.3 Å². The van der Waals surface area contributed by atoms with Crippen molar-refractivity contribution in [3.05, 3.63) is 51.7 Å². The molecule has 0 aliphatic rings. The highest BCUT2D eigenvalue weighted by molar-refractivity contribution is 7.14. The van der Waals surface area contributed by atoms with Crippen molar-refractivity contribution in [3.63, 3.8) is 0 Å². The summed E-state index contributed by atoms with van der Waals surface area (Å²) in [6, 6.07) is 10.2. The molecule has 2 aromatic rings. The first kappa shape index (κ1) is 23.3. The summed E-state index contributed by atoms with van der Waals surface area (Å²) in [7, 11) is 0. The summed E-state index contributed by atoms with van der Waals surface area (Å²) >= 11 is 1.40. The van der Waals surface area contributed by atoms with E-state index >= 15 is 0 Å². The molecule has 0 aliphatic heterocycles. The molecule has 0 saturated heterocycles. The Morgan fingerprint density at radius 3 is 2.17 bits per heavy atom. The molecule has 1 aromatic heterocycles. The Hall–Kier alpha value is -3.00. The van der Waals surface area contributed by atoms with Crippen molar-refractivity contribution < 1.29 is 23.9 Å². The number of ketones is 2. The molecule has 0 atom stereocenters. The summed E-state index contributed by atoms with van der Waals surface area (Å²) in [4.78, 5) is 49.5. The molecule has 7 nitrogen and oxygen atoms in total. The maximum atomic E-state index is 12.1. The van der Waals surface area contributed by atoms with Gasteiger partial charge in [0.05, 0.1) is 11.0 Å². The van der Waals surface area contributed by atoms with Gasteiger partial charge in [0.25, 0.3) is 5.91 Å². The van der Waals surface area contributed by atoms with Crippen LogP contribution in [-0.2, 0) is 9.59 Å². The zero-order valence-electron chi connectivity index (χ0n) is 17.3. The van der Waals surface area contributed by atoms with Gasteiger partial charge in [-0.25, -0.2) is 0 Å². The number of aryl methyl sites for hydroxylation is 1. The van der Waals surface area contributed by atoms with Gasteiger partial charge in [0.2, 0.25) is 5.91 Å². The second-order valence-corrected chi connectivity index (χ2v) is 8.35. The van der Waals surface area contributed by atoms with Gasteiger partial charge in [0.15, 0.2) is 5.78 Å². The van der Waals surface area contributed by atoms with E-state index in [1.165, 1.54) is 11.3 Å². The Morgan fingerprint density at radius 1 is 0.900 bits per heavy atom. The van der Waals surface area contributed by atoms with Crippen LogP contribution in [0.3, 0.4) is 0 Å². The van der Waals surface area contributed by atoms with E-state index in [1.807, 2.05) is 26.8 Å². The average Bonchev–Trinajstić information content (AvgIpc) is 3.15. The maximum absolute atomic E-state index is 12.1. The lowest BCUT2D eigenvalue weighted by Gasteiger charge is -2.10. The van der Waals surface area contributed by atoms with Crippen LogP contribution in [-0.4, -0.2) is 29.5 Å². The third-order valence-corrected chi connectivity index (χ3v) is 5.12. The lowest BCUT2D eigenvalue weighted by atomic mass is 10.1. The standard InChI is InChI=1S/C22H26N2O5S/c1-14(2)29-18-9-5-16(6-10-18)22(28)24-23-21(27)13-8-17(25)7-11-19(26)20-12-4-15(3)30-20/h4-6,9-10,12,14H,7-8,11,13H2,1-3H3,(H,23,27)(H,24,28). The van der Waals surface area contributed by atoms with Crippen molar-refractivity contribution in [2.75, 3.05) is 0 Å². The largest absolute Gasteiger partial charge is 0.491 e. The maximum Gasteiger partial charge on any atom is 0.269 e. The smallest absolute Gasteiger partial charge is 0.269 e. The second-order valence-electron chi connectivity index (χ2n) is 7.07. The van der Waals surface area contributed by atoms with Gasteiger partial charge in [0, 0.05) is 36.1 Å². The second kappa shape index (κ2) is 11.3. The fourth-order valence-corrected chi connectivity index (χ4v) is 3.39. The Morgan fingerprint density at radius 2 is 1.57 bits per heavy atom. The average molecular weight is 431 g/mol. The monoisotopic (exact) mass is 430 g/mol. The molecule has 0 fully saturated rings. The van der Waals surface area contributed by atoms with Gasteiger partial charge in [-0.3, -0.25) is 30.0 Å². The first-order valence-corrected chi connectivity index (χ1v) is 10.5. The summed E-state index contributed by atoms with van der Waals surface area (Å²) in [5.74, 6) is -0.530. The van der Waals surface area contributed by atoms with Crippen molar-refractivity contribution in [3.8, 4) is 5.75 Å². The third kappa shape index (κ3) is 7.79. The summed E-state index contributed by atoms with van der Waals surface area (Å²) < 4.78 is 5.51. The number of carbonyl (C=O) groups excluding carboxylic acids is 4. The highest BCUT2D eigenvalue weighted by atomic mass is 32.1. The zero-order chi connectivity index (χ0) is 22.1. The van der Waals surface area contributed by atoms with Crippen molar-refractivity contribution in [1.29, 1.82) is 0 Å². The molecular weight excluding hydrogens is 404 g/mol. The van der Waals surface area contributed by atoms with E-state index in [9.17, 15) is 19.2 Å². The summed E-state index contributed by atoms with van der Waals surface area (Å²) in [6.07, 6.45) is 0.213. The van der Waals surface area contributed by atoms with Gasteiger partial charge in [-0.2, -0.15) is 0 Å². The molecule has 8 heteroatoms. The molecule has 2 rings (SSSR count). The van der Waals surface area contributed by atoms with Gasteiger partial charge in [0.1, 0.15) is 11.5 Å². The third-order valence-electron chi connectivity index (χ3n) is 4.08. The van der Waals surface area contributed by atoms with Crippen LogP contribution in [0.5, 0.6) is 5.75 Å². The topological polar surface area (TPSA) is 102 Å². The zero-order valence-corrected chi connectivity index (χ0v) is 18.1. The van der Waals surface area contributed by atoms with Crippen LogP contribution < -0.4 is 15.6 Å². The lowest BCUT2D eigenvalue weighted by molar-refractivity contribution is -0.125. The van der Waals surface area contributed by atoms with Crippen LogP contribution in [0.4, 0.5) is 0 Å².